The molecule has 0 radical (unpaired) electrons. The fraction of sp³-hybridized carbons (Fsp3) is 0.643. The SMILES string of the molecule is NC[C@@H]1CCCCN1C(=O)c1ccnc(C2CC2)n1. The summed E-state index contributed by atoms with van der Waals surface area (Å²) >= 11 is 0. The van der Waals surface area contributed by atoms with Gasteiger partial charge in [-0.1, -0.05) is 0 Å². The standard InChI is InChI=1S/C14H20N4O/c15-9-11-3-1-2-8-18(11)14(19)12-6-7-16-13(17-12)10-4-5-10/h6-7,10-11H,1-5,8-9,15H2/t11-/m0/s1. The molecule has 1 aliphatic heterocycles. The fourth-order valence-electron chi connectivity index (χ4n) is 2.69. The van der Waals surface area contributed by atoms with Crippen LogP contribution in [0.15, 0.2) is 12.3 Å². The zero-order valence-corrected chi connectivity index (χ0v) is 11.1. The van der Waals surface area contributed by atoms with Crippen molar-refractivity contribution in [3.63, 3.8) is 0 Å². The van der Waals surface area contributed by atoms with Gasteiger partial charge in [-0.15, -0.1) is 0 Å². The summed E-state index contributed by atoms with van der Waals surface area (Å²) in [5.41, 5.74) is 6.30. The van der Waals surface area contributed by atoms with Gasteiger partial charge in [0.2, 0.25) is 0 Å². The molecular formula is C14H20N4O. The van der Waals surface area contributed by atoms with Crippen LogP contribution in [-0.4, -0.2) is 39.9 Å². The molecule has 2 aliphatic rings. The predicted molar refractivity (Wildman–Crippen MR) is 71.7 cm³/mol. The molecule has 2 heterocycles. The Labute approximate surface area is 113 Å². The maximum absolute atomic E-state index is 12.5. The average molecular weight is 260 g/mol. The van der Waals surface area contributed by atoms with Gasteiger partial charge in [0.15, 0.2) is 0 Å². The Morgan fingerprint density at radius 1 is 1.37 bits per heavy atom. The molecule has 102 valence electrons. The Hall–Kier alpha value is -1.49. The van der Waals surface area contributed by atoms with Crippen LogP contribution in [0.25, 0.3) is 0 Å². The van der Waals surface area contributed by atoms with E-state index < -0.39 is 0 Å². The van der Waals surface area contributed by atoms with Crippen molar-refractivity contribution in [2.45, 2.75) is 44.1 Å². The Bertz CT molecular complexity index is 472. The van der Waals surface area contributed by atoms with E-state index in [9.17, 15) is 4.79 Å². The molecule has 1 aromatic heterocycles. The number of hydrogen-bond donors (Lipinski definition) is 1. The fourth-order valence-corrected chi connectivity index (χ4v) is 2.69. The Morgan fingerprint density at radius 2 is 2.21 bits per heavy atom. The topological polar surface area (TPSA) is 72.1 Å². The van der Waals surface area contributed by atoms with E-state index in [1.807, 2.05) is 4.90 Å². The molecular weight excluding hydrogens is 240 g/mol. The number of nitrogens with zero attached hydrogens (tertiary/aromatic N) is 3. The molecule has 19 heavy (non-hydrogen) atoms. The molecule has 0 unspecified atom stereocenters. The average Bonchev–Trinajstić information content (AvgIpc) is 3.31. The number of likely N-dealkylation sites (tertiary alicyclic amines) is 1. The molecule has 2 fully saturated rings. The second-order valence-electron chi connectivity index (χ2n) is 5.46. The van der Waals surface area contributed by atoms with Gasteiger partial charge in [0.1, 0.15) is 11.5 Å². The summed E-state index contributed by atoms with van der Waals surface area (Å²) in [4.78, 5) is 23.1. The van der Waals surface area contributed by atoms with Crippen LogP contribution in [0.2, 0.25) is 0 Å². The maximum Gasteiger partial charge on any atom is 0.272 e. The monoisotopic (exact) mass is 260 g/mol. The lowest BCUT2D eigenvalue weighted by Gasteiger charge is -2.34. The van der Waals surface area contributed by atoms with Crippen LogP contribution in [0.3, 0.4) is 0 Å². The molecule has 2 N–H and O–H groups in total. The van der Waals surface area contributed by atoms with Crippen molar-refractivity contribution in [2.24, 2.45) is 5.73 Å². The lowest BCUT2D eigenvalue weighted by molar-refractivity contribution is 0.0616. The van der Waals surface area contributed by atoms with Gasteiger partial charge in [0.05, 0.1) is 0 Å². The van der Waals surface area contributed by atoms with Gasteiger partial charge in [-0.05, 0) is 38.2 Å². The molecule has 1 saturated carbocycles. The zero-order valence-electron chi connectivity index (χ0n) is 11.1. The quantitative estimate of drug-likeness (QED) is 0.889. The Balaban J connectivity index is 1.79. The molecule has 1 amide bonds. The number of rotatable bonds is 3. The summed E-state index contributed by atoms with van der Waals surface area (Å²) < 4.78 is 0. The minimum absolute atomic E-state index is 0.0134. The summed E-state index contributed by atoms with van der Waals surface area (Å²) in [6.07, 6.45) is 7.21. The molecule has 0 bridgehead atoms. The third kappa shape index (κ3) is 2.61. The van der Waals surface area contributed by atoms with E-state index in [-0.39, 0.29) is 11.9 Å². The predicted octanol–water partition coefficient (Wildman–Crippen LogP) is 1.31. The molecule has 0 spiro atoms. The highest BCUT2D eigenvalue weighted by molar-refractivity contribution is 5.92. The van der Waals surface area contributed by atoms with Gasteiger partial charge in [0, 0.05) is 31.2 Å². The second kappa shape index (κ2) is 5.25. The minimum atomic E-state index is 0.0134. The van der Waals surface area contributed by atoms with Gasteiger partial charge in [0.25, 0.3) is 5.91 Å². The number of carbonyl (C=O) groups excluding carboxylic acids is 1. The van der Waals surface area contributed by atoms with Gasteiger partial charge in [-0.25, -0.2) is 9.97 Å². The first-order valence-corrected chi connectivity index (χ1v) is 7.13. The van der Waals surface area contributed by atoms with Crippen LogP contribution in [0, 0.1) is 0 Å². The van der Waals surface area contributed by atoms with Crippen LogP contribution >= 0.6 is 0 Å². The van der Waals surface area contributed by atoms with Crippen molar-refractivity contribution in [3.8, 4) is 0 Å². The first-order chi connectivity index (χ1) is 9.29. The van der Waals surface area contributed by atoms with Crippen LogP contribution in [0.4, 0.5) is 0 Å². The molecule has 1 aromatic rings. The maximum atomic E-state index is 12.5. The van der Waals surface area contributed by atoms with Gasteiger partial charge < -0.3 is 10.6 Å². The van der Waals surface area contributed by atoms with Crippen molar-refractivity contribution in [1.82, 2.24) is 14.9 Å². The highest BCUT2D eigenvalue weighted by atomic mass is 16.2. The van der Waals surface area contributed by atoms with E-state index in [4.69, 9.17) is 5.73 Å². The number of amides is 1. The molecule has 0 aromatic carbocycles. The highest BCUT2D eigenvalue weighted by Gasteiger charge is 2.30. The van der Waals surface area contributed by atoms with Crippen molar-refractivity contribution in [1.29, 1.82) is 0 Å². The molecule has 5 nitrogen and oxygen atoms in total. The van der Waals surface area contributed by atoms with Crippen LogP contribution < -0.4 is 5.73 Å². The Morgan fingerprint density at radius 3 is 2.95 bits per heavy atom. The Kier molecular flexibility index (Phi) is 3.46. The number of nitrogens with two attached hydrogens (primary N) is 1. The largest absolute Gasteiger partial charge is 0.333 e. The number of piperidine rings is 1. The summed E-state index contributed by atoms with van der Waals surface area (Å²) in [6, 6.07) is 1.89. The van der Waals surface area contributed by atoms with Crippen molar-refractivity contribution in [3.05, 3.63) is 23.8 Å². The van der Waals surface area contributed by atoms with E-state index in [1.165, 1.54) is 0 Å². The number of carbonyl (C=O) groups is 1. The molecule has 1 atom stereocenters. The van der Waals surface area contributed by atoms with E-state index in [1.54, 1.807) is 12.3 Å². The first kappa shape index (κ1) is 12.5. The third-order valence-electron chi connectivity index (χ3n) is 4.00. The lowest BCUT2D eigenvalue weighted by atomic mass is 10.0. The zero-order chi connectivity index (χ0) is 13.2. The van der Waals surface area contributed by atoms with Crippen molar-refractivity contribution < 1.29 is 4.79 Å². The molecule has 1 saturated heterocycles. The minimum Gasteiger partial charge on any atom is -0.333 e. The smallest absolute Gasteiger partial charge is 0.272 e. The van der Waals surface area contributed by atoms with Gasteiger partial charge in [-0.3, -0.25) is 4.79 Å². The van der Waals surface area contributed by atoms with E-state index in [0.717, 1.165) is 44.5 Å². The van der Waals surface area contributed by atoms with Crippen molar-refractivity contribution in [2.75, 3.05) is 13.1 Å². The lowest BCUT2D eigenvalue weighted by Crippen LogP contribution is -2.47. The first-order valence-electron chi connectivity index (χ1n) is 7.13. The van der Waals surface area contributed by atoms with Crippen molar-refractivity contribution >= 4 is 5.91 Å². The number of aromatic nitrogens is 2. The molecule has 1 aliphatic carbocycles. The van der Waals surface area contributed by atoms with Crippen LogP contribution in [-0.2, 0) is 0 Å². The van der Waals surface area contributed by atoms with E-state index >= 15 is 0 Å². The normalized spacial score (nSPS) is 23.4. The van der Waals surface area contributed by atoms with Gasteiger partial charge >= 0.3 is 0 Å². The summed E-state index contributed by atoms with van der Waals surface area (Å²) in [7, 11) is 0. The van der Waals surface area contributed by atoms with E-state index in [2.05, 4.69) is 9.97 Å². The van der Waals surface area contributed by atoms with E-state index in [0.29, 0.717) is 18.2 Å². The molecule has 5 heteroatoms. The number of hydrogen-bond acceptors (Lipinski definition) is 4. The summed E-state index contributed by atoms with van der Waals surface area (Å²) in [6.45, 7) is 1.33. The van der Waals surface area contributed by atoms with Crippen LogP contribution in [0.1, 0.15) is 54.3 Å². The van der Waals surface area contributed by atoms with Crippen LogP contribution in [0.5, 0.6) is 0 Å². The molecule has 3 rings (SSSR count). The van der Waals surface area contributed by atoms with Gasteiger partial charge in [-0.2, -0.15) is 0 Å². The summed E-state index contributed by atoms with van der Waals surface area (Å²) in [5, 5.41) is 0. The third-order valence-corrected chi connectivity index (χ3v) is 4.00. The highest BCUT2D eigenvalue weighted by Crippen LogP contribution is 2.37. The second-order valence-corrected chi connectivity index (χ2v) is 5.46. The summed E-state index contributed by atoms with van der Waals surface area (Å²) in [5.74, 6) is 1.31.